The standard InChI is InChI=1S/C5H5FN2O/c1-4(9)8-3-7-2-5(8)6/h2-3H,1H3. The smallest absolute Gasteiger partial charge is 0.230 e. The average molecular weight is 128 g/mol. The molecule has 0 bridgehead atoms. The molecule has 0 fully saturated rings. The predicted molar refractivity (Wildman–Crippen MR) is 28.5 cm³/mol. The lowest BCUT2D eigenvalue weighted by atomic mass is 10.7. The Morgan fingerprint density at radius 3 is 2.78 bits per heavy atom. The lowest BCUT2D eigenvalue weighted by Crippen LogP contribution is -2.05. The Morgan fingerprint density at radius 2 is 2.56 bits per heavy atom. The highest BCUT2D eigenvalue weighted by Crippen LogP contribution is 1.93. The van der Waals surface area contributed by atoms with Crippen LogP contribution in [0.5, 0.6) is 0 Å². The third-order valence-electron chi connectivity index (χ3n) is 0.933. The quantitative estimate of drug-likeness (QED) is 0.515. The maximum Gasteiger partial charge on any atom is 0.230 e. The first-order valence-electron chi connectivity index (χ1n) is 2.40. The number of carbonyl (C=O) groups excluding carboxylic acids is 1. The van der Waals surface area contributed by atoms with Crippen LogP contribution in [-0.4, -0.2) is 15.5 Å². The number of nitrogens with zero attached hydrogens (tertiary/aromatic N) is 2. The van der Waals surface area contributed by atoms with Crippen LogP contribution in [0.2, 0.25) is 0 Å². The second kappa shape index (κ2) is 1.97. The Hall–Kier alpha value is -1.19. The van der Waals surface area contributed by atoms with E-state index in [9.17, 15) is 9.18 Å². The summed E-state index contributed by atoms with van der Waals surface area (Å²) in [7, 11) is 0. The molecule has 0 radical (unpaired) electrons. The van der Waals surface area contributed by atoms with Gasteiger partial charge in [0.25, 0.3) is 0 Å². The van der Waals surface area contributed by atoms with Crippen LogP contribution < -0.4 is 0 Å². The van der Waals surface area contributed by atoms with E-state index in [1.807, 2.05) is 0 Å². The zero-order valence-electron chi connectivity index (χ0n) is 4.84. The third-order valence-corrected chi connectivity index (χ3v) is 0.933. The molecule has 0 spiro atoms. The van der Waals surface area contributed by atoms with Gasteiger partial charge in [0.1, 0.15) is 6.33 Å². The molecule has 3 nitrogen and oxygen atoms in total. The summed E-state index contributed by atoms with van der Waals surface area (Å²) in [4.78, 5) is 13.8. The first-order valence-corrected chi connectivity index (χ1v) is 2.40. The fraction of sp³-hybridized carbons (Fsp3) is 0.200. The molecule has 1 aromatic rings. The van der Waals surface area contributed by atoms with Crippen LogP contribution in [0.1, 0.15) is 11.7 Å². The molecule has 1 heterocycles. The first-order chi connectivity index (χ1) is 4.22. The second-order valence-electron chi connectivity index (χ2n) is 1.61. The van der Waals surface area contributed by atoms with E-state index in [2.05, 4.69) is 4.98 Å². The molecule has 0 atom stereocenters. The highest BCUT2D eigenvalue weighted by Gasteiger charge is 2.01. The van der Waals surface area contributed by atoms with E-state index in [1.54, 1.807) is 0 Å². The minimum atomic E-state index is -0.623. The Labute approximate surface area is 51.1 Å². The highest BCUT2D eigenvalue weighted by molar-refractivity contribution is 5.75. The summed E-state index contributed by atoms with van der Waals surface area (Å²) in [5.74, 6) is -0.993. The lowest BCUT2D eigenvalue weighted by Gasteiger charge is -1.90. The van der Waals surface area contributed by atoms with E-state index in [0.717, 1.165) is 17.1 Å². The van der Waals surface area contributed by atoms with Gasteiger partial charge in [-0.1, -0.05) is 0 Å². The van der Waals surface area contributed by atoms with Crippen molar-refractivity contribution in [1.82, 2.24) is 9.55 Å². The third kappa shape index (κ3) is 0.960. The van der Waals surface area contributed by atoms with E-state index in [-0.39, 0.29) is 5.91 Å². The molecule has 0 amide bonds. The fourth-order valence-corrected chi connectivity index (χ4v) is 0.511. The summed E-state index contributed by atoms with van der Waals surface area (Å²) in [5.41, 5.74) is 0. The van der Waals surface area contributed by atoms with Gasteiger partial charge in [-0.05, 0) is 0 Å². The first kappa shape index (κ1) is 5.94. The van der Waals surface area contributed by atoms with Crippen molar-refractivity contribution in [3.63, 3.8) is 0 Å². The summed E-state index contributed by atoms with van der Waals surface area (Å²) in [6, 6.07) is 0. The summed E-state index contributed by atoms with van der Waals surface area (Å²) in [6.45, 7) is 1.27. The molecule has 1 rings (SSSR count). The lowest BCUT2D eigenvalue weighted by molar-refractivity contribution is 0.0923. The zero-order chi connectivity index (χ0) is 6.85. The fourth-order valence-electron chi connectivity index (χ4n) is 0.511. The Bertz CT molecular complexity index is 231. The van der Waals surface area contributed by atoms with Gasteiger partial charge >= 0.3 is 0 Å². The van der Waals surface area contributed by atoms with Crippen LogP contribution in [0.15, 0.2) is 12.5 Å². The van der Waals surface area contributed by atoms with Gasteiger partial charge in [0.15, 0.2) is 0 Å². The van der Waals surface area contributed by atoms with Crippen LogP contribution in [0.4, 0.5) is 4.39 Å². The second-order valence-corrected chi connectivity index (χ2v) is 1.61. The van der Waals surface area contributed by atoms with Gasteiger partial charge in [0.05, 0.1) is 6.20 Å². The number of aromatic nitrogens is 2. The van der Waals surface area contributed by atoms with Crippen LogP contribution in [-0.2, 0) is 0 Å². The van der Waals surface area contributed by atoms with Crippen molar-refractivity contribution in [3.8, 4) is 0 Å². The number of imidazole rings is 1. The molecule has 0 saturated carbocycles. The number of rotatable bonds is 0. The molecule has 48 valence electrons. The topological polar surface area (TPSA) is 34.9 Å². The Balaban J connectivity index is 3.08. The summed E-state index contributed by atoms with van der Waals surface area (Å²) < 4.78 is 13.1. The Morgan fingerprint density at radius 1 is 1.89 bits per heavy atom. The molecule has 0 unspecified atom stereocenters. The number of hydrogen-bond donors (Lipinski definition) is 0. The molecular formula is C5H5FN2O. The zero-order valence-corrected chi connectivity index (χ0v) is 4.84. The maximum atomic E-state index is 12.3. The van der Waals surface area contributed by atoms with Crippen molar-refractivity contribution in [3.05, 3.63) is 18.5 Å². The van der Waals surface area contributed by atoms with Gasteiger partial charge in [-0.3, -0.25) is 4.79 Å². The van der Waals surface area contributed by atoms with Gasteiger partial charge < -0.3 is 0 Å². The SMILES string of the molecule is CC(=O)n1cncc1F. The highest BCUT2D eigenvalue weighted by atomic mass is 19.1. The summed E-state index contributed by atoms with van der Waals surface area (Å²) >= 11 is 0. The molecule has 0 N–H and O–H groups in total. The average Bonchev–Trinajstić information content (AvgIpc) is 2.13. The minimum Gasteiger partial charge on any atom is -0.274 e. The van der Waals surface area contributed by atoms with Crippen LogP contribution in [0.3, 0.4) is 0 Å². The predicted octanol–water partition coefficient (Wildman–Crippen LogP) is 0.682. The molecule has 0 saturated heterocycles. The molecule has 9 heavy (non-hydrogen) atoms. The molecule has 0 aliphatic heterocycles. The van der Waals surface area contributed by atoms with E-state index in [0.29, 0.717) is 0 Å². The molecule has 0 aliphatic carbocycles. The van der Waals surface area contributed by atoms with Gasteiger partial charge in [0, 0.05) is 6.92 Å². The van der Waals surface area contributed by atoms with E-state index >= 15 is 0 Å². The van der Waals surface area contributed by atoms with Gasteiger partial charge in [-0.25, -0.2) is 9.55 Å². The van der Waals surface area contributed by atoms with Gasteiger partial charge in [0.2, 0.25) is 11.9 Å². The van der Waals surface area contributed by atoms with Crippen molar-refractivity contribution < 1.29 is 9.18 Å². The van der Waals surface area contributed by atoms with Crippen molar-refractivity contribution in [2.75, 3.05) is 0 Å². The molecule has 1 aromatic heterocycles. The number of carbonyl (C=O) groups is 1. The van der Waals surface area contributed by atoms with E-state index < -0.39 is 5.95 Å². The summed E-state index contributed by atoms with van der Waals surface area (Å²) in [6.07, 6.45) is 2.12. The van der Waals surface area contributed by atoms with Crippen molar-refractivity contribution in [2.45, 2.75) is 6.92 Å². The minimum absolute atomic E-state index is 0.370. The molecule has 0 aliphatic rings. The number of halogens is 1. The molecule has 4 heteroatoms. The van der Waals surface area contributed by atoms with Crippen LogP contribution in [0, 0.1) is 5.95 Å². The number of hydrogen-bond acceptors (Lipinski definition) is 2. The van der Waals surface area contributed by atoms with Gasteiger partial charge in [-0.15, -0.1) is 0 Å². The molecule has 0 aromatic carbocycles. The van der Waals surface area contributed by atoms with Crippen molar-refractivity contribution in [1.29, 1.82) is 0 Å². The largest absolute Gasteiger partial charge is 0.274 e. The maximum absolute atomic E-state index is 12.3. The Kier molecular flexibility index (Phi) is 1.30. The van der Waals surface area contributed by atoms with Crippen molar-refractivity contribution in [2.24, 2.45) is 0 Å². The summed E-state index contributed by atoms with van der Waals surface area (Å²) in [5, 5.41) is 0. The normalized spacial score (nSPS) is 9.56. The monoisotopic (exact) mass is 128 g/mol. The van der Waals surface area contributed by atoms with Crippen LogP contribution >= 0.6 is 0 Å². The van der Waals surface area contributed by atoms with Gasteiger partial charge in [-0.2, -0.15) is 4.39 Å². The molecular weight excluding hydrogens is 123 g/mol. The van der Waals surface area contributed by atoms with Crippen molar-refractivity contribution >= 4 is 5.91 Å². The van der Waals surface area contributed by atoms with E-state index in [1.165, 1.54) is 6.92 Å². The van der Waals surface area contributed by atoms with Crippen LogP contribution in [0.25, 0.3) is 0 Å². The van der Waals surface area contributed by atoms with E-state index in [4.69, 9.17) is 0 Å².